The van der Waals surface area contributed by atoms with Crippen LogP contribution in [0.25, 0.3) is 0 Å². The maximum atomic E-state index is 12.5. The first kappa shape index (κ1) is 19.0. The number of carbonyl (C=O) groups is 2. The van der Waals surface area contributed by atoms with Gasteiger partial charge in [-0.3, -0.25) is 4.79 Å². The summed E-state index contributed by atoms with van der Waals surface area (Å²) in [5.41, 5.74) is 1.81. The molecule has 0 spiro atoms. The third-order valence-electron chi connectivity index (χ3n) is 4.06. The number of methoxy groups -OCH3 is 1. The maximum absolute atomic E-state index is 12.5. The van der Waals surface area contributed by atoms with Crippen LogP contribution in [-0.2, 0) is 6.61 Å². The van der Waals surface area contributed by atoms with E-state index in [4.69, 9.17) is 14.6 Å². The monoisotopic (exact) mass is 377 g/mol. The molecule has 0 heterocycles. The zero-order chi connectivity index (χ0) is 19.9. The predicted octanol–water partition coefficient (Wildman–Crippen LogP) is 4.22. The van der Waals surface area contributed by atoms with Crippen LogP contribution < -0.4 is 14.8 Å². The summed E-state index contributed by atoms with van der Waals surface area (Å²) in [6.45, 7) is 0.436. The Labute approximate surface area is 162 Å². The smallest absolute Gasteiger partial charge is 0.335 e. The highest BCUT2D eigenvalue weighted by Gasteiger charge is 2.13. The van der Waals surface area contributed by atoms with E-state index in [0.717, 1.165) is 5.56 Å². The molecule has 0 atom stereocenters. The predicted molar refractivity (Wildman–Crippen MR) is 105 cm³/mol. The van der Waals surface area contributed by atoms with Crippen LogP contribution in [0.2, 0.25) is 0 Å². The van der Waals surface area contributed by atoms with E-state index in [1.165, 1.54) is 25.3 Å². The van der Waals surface area contributed by atoms with E-state index < -0.39 is 5.97 Å². The van der Waals surface area contributed by atoms with Crippen LogP contribution in [0.15, 0.2) is 72.8 Å². The normalized spacial score (nSPS) is 10.2. The van der Waals surface area contributed by atoms with Gasteiger partial charge in [-0.15, -0.1) is 0 Å². The summed E-state index contributed by atoms with van der Waals surface area (Å²) < 4.78 is 10.9. The summed E-state index contributed by atoms with van der Waals surface area (Å²) in [4.78, 5) is 23.6. The fraction of sp³-hybridized carbons (Fsp3) is 0.0909. The highest BCUT2D eigenvalue weighted by molar-refractivity contribution is 6.05. The molecular formula is C22H19NO5. The maximum Gasteiger partial charge on any atom is 0.335 e. The molecule has 0 aliphatic rings. The molecule has 0 radical (unpaired) electrons. The van der Waals surface area contributed by atoms with Crippen molar-refractivity contribution in [1.29, 1.82) is 0 Å². The summed E-state index contributed by atoms with van der Waals surface area (Å²) >= 11 is 0. The van der Waals surface area contributed by atoms with Gasteiger partial charge in [-0.25, -0.2) is 4.79 Å². The summed E-state index contributed by atoms with van der Waals surface area (Å²) in [5, 5.41) is 11.8. The molecule has 0 aliphatic carbocycles. The summed E-state index contributed by atoms with van der Waals surface area (Å²) in [6.07, 6.45) is 0. The molecule has 0 aliphatic heterocycles. The van der Waals surface area contributed by atoms with Crippen molar-refractivity contribution in [1.82, 2.24) is 0 Å². The Hall–Kier alpha value is -3.80. The average Bonchev–Trinajstić information content (AvgIpc) is 2.73. The number of rotatable bonds is 7. The van der Waals surface area contributed by atoms with E-state index in [2.05, 4.69) is 5.32 Å². The lowest BCUT2D eigenvalue weighted by atomic mass is 10.1. The molecule has 3 aromatic rings. The molecule has 28 heavy (non-hydrogen) atoms. The zero-order valence-electron chi connectivity index (χ0n) is 15.2. The zero-order valence-corrected chi connectivity index (χ0v) is 15.2. The summed E-state index contributed by atoms with van der Waals surface area (Å²) in [5.74, 6) is -0.444. The molecule has 0 aromatic heterocycles. The van der Waals surface area contributed by atoms with E-state index in [1.807, 2.05) is 30.3 Å². The third-order valence-corrected chi connectivity index (χ3v) is 4.06. The largest absolute Gasteiger partial charge is 0.495 e. The molecular weight excluding hydrogens is 358 g/mol. The number of amides is 1. The second-order valence-electron chi connectivity index (χ2n) is 5.97. The van der Waals surface area contributed by atoms with Gasteiger partial charge in [0.15, 0.2) is 0 Å². The Morgan fingerprint density at radius 3 is 2.25 bits per heavy atom. The van der Waals surface area contributed by atoms with Crippen molar-refractivity contribution in [3.8, 4) is 11.5 Å². The minimum atomic E-state index is -1.09. The van der Waals surface area contributed by atoms with Crippen molar-refractivity contribution >= 4 is 17.6 Å². The van der Waals surface area contributed by atoms with E-state index >= 15 is 0 Å². The van der Waals surface area contributed by atoms with Gasteiger partial charge in [0, 0.05) is 5.56 Å². The van der Waals surface area contributed by atoms with E-state index in [0.29, 0.717) is 23.7 Å². The number of benzene rings is 3. The Balaban J connectivity index is 1.68. The standard InChI is InChI=1S/C22H19NO5/c1-27-20-12-9-17(22(25)26)13-19(20)23-21(24)16-7-10-18(11-8-16)28-14-15-5-3-2-4-6-15/h2-13H,14H2,1H3,(H,23,24)(H,25,26). The molecule has 0 unspecified atom stereocenters. The Morgan fingerprint density at radius 1 is 0.929 bits per heavy atom. The number of nitrogens with one attached hydrogen (secondary N) is 1. The van der Waals surface area contributed by atoms with E-state index in [9.17, 15) is 9.59 Å². The van der Waals surface area contributed by atoms with Crippen LogP contribution in [0.5, 0.6) is 11.5 Å². The van der Waals surface area contributed by atoms with Crippen LogP contribution in [0, 0.1) is 0 Å². The van der Waals surface area contributed by atoms with Crippen LogP contribution in [0.1, 0.15) is 26.3 Å². The molecule has 6 nitrogen and oxygen atoms in total. The fourth-order valence-corrected chi connectivity index (χ4v) is 2.58. The number of hydrogen-bond donors (Lipinski definition) is 2. The second-order valence-corrected chi connectivity index (χ2v) is 5.97. The van der Waals surface area contributed by atoms with Crippen molar-refractivity contribution in [2.45, 2.75) is 6.61 Å². The number of aromatic carboxylic acids is 1. The molecule has 1 amide bonds. The SMILES string of the molecule is COc1ccc(C(=O)O)cc1NC(=O)c1ccc(OCc2ccccc2)cc1. The Kier molecular flexibility index (Phi) is 5.91. The lowest BCUT2D eigenvalue weighted by Gasteiger charge is -2.11. The quantitative estimate of drug-likeness (QED) is 0.644. The van der Waals surface area contributed by atoms with Gasteiger partial charge in [-0.05, 0) is 48.0 Å². The van der Waals surface area contributed by atoms with Gasteiger partial charge in [0.2, 0.25) is 0 Å². The summed E-state index contributed by atoms with van der Waals surface area (Å²) in [6, 6.07) is 20.8. The highest BCUT2D eigenvalue weighted by Crippen LogP contribution is 2.26. The van der Waals surface area contributed by atoms with Gasteiger partial charge in [-0.2, -0.15) is 0 Å². The number of hydrogen-bond acceptors (Lipinski definition) is 4. The summed E-state index contributed by atoms with van der Waals surface area (Å²) in [7, 11) is 1.45. The molecule has 2 N–H and O–H groups in total. The number of anilines is 1. The first-order chi connectivity index (χ1) is 13.6. The Bertz CT molecular complexity index is 968. The van der Waals surface area contributed by atoms with Crippen molar-refractivity contribution in [2.24, 2.45) is 0 Å². The lowest BCUT2D eigenvalue weighted by Crippen LogP contribution is -2.13. The number of carboxylic acid groups (broad SMARTS) is 1. The molecule has 3 aromatic carbocycles. The van der Waals surface area contributed by atoms with Crippen molar-refractivity contribution in [2.75, 3.05) is 12.4 Å². The second kappa shape index (κ2) is 8.73. The molecule has 0 bridgehead atoms. The highest BCUT2D eigenvalue weighted by atomic mass is 16.5. The van der Waals surface area contributed by atoms with Gasteiger partial charge < -0.3 is 19.9 Å². The molecule has 6 heteroatoms. The number of carboxylic acids is 1. The lowest BCUT2D eigenvalue weighted by molar-refractivity contribution is 0.0696. The molecule has 3 rings (SSSR count). The van der Waals surface area contributed by atoms with Crippen LogP contribution in [0.3, 0.4) is 0 Å². The molecule has 0 saturated carbocycles. The van der Waals surface area contributed by atoms with Gasteiger partial charge in [0.05, 0.1) is 18.4 Å². The van der Waals surface area contributed by atoms with Gasteiger partial charge in [0.25, 0.3) is 5.91 Å². The van der Waals surface area contributed by atoms with Gasteiger partial charge in [-0.1, -0.05) is 30.3 Å². The van der Waals surface area contributed by atoms with Crippen molar-refractivity contribution in [3.05, 3.63) is 89.5 Å². The van der Waals surface area contributed by atoms with Crippen LogP contribution >= 0.6 is 0 Å². The van der Waals surface area contributed by atoms with Crippen LogP contribution in [0.4, 0.5) is 5.69 Å². The average molecular weight is 377 g/mol. The first-order valence-electron chi connectivity index (χ1n) is 8.56. The number of carbonyl (C=O) groups excluding carboxylic acids is 1. The molecule has 0 fully saturated rings. The van der Waals surface area contributed by atoms with E-state index in [-0.39, 0.29) is 17.2 Å². The van der Waals surface area contributed by atoms with E-state index in [1.54, 1.807) is 24.3 Å². The van der Waals surface area contributed by atoms with Crippen molar-refractivity contribution in [3.63, 3.8) is 0 Å². The Morgan fingerprint density at radius 2 is 1.61 bits per heavy atom. The minimum absolute atomic E-state index is 0.0563. The fourth-order valence-electron chi connectivity index (χ4n) is 2.58. The van der Waals surface area contributed by atoms with Crippen LogP contribution in [-0.4, -0.2) is 24.1 Å². The molecule has 142 valence electrons. The van der Waals surface area contributed by atoms with Gasteiger partial charge >= 0.3 is 5.97 Å². The minimum Gasteiger partial charge on any atom is -0.495 e. The topological polar surface area (TPSA) is 84.9 Å². The third kappa shape index (κ3) is 4.67. The molecule has 0 saturated heterocycles. The van der Waals surface area contributed by atoms with Gasteiger partial charge in [0.1, 0.15) is 18.1 Å². The number of ether oxygens (including phenoxy) is 2. The first-order valence-corrected chi connectivity index (χ1v) is 8.56. The van der Waals surface area contributed by atoms with Crippen molar-refractivity contribution < 1.29 is 24.2 Å².